The van der Waals surface area contributed by atoms with E-state index in [1.165, 1.54) is 0 Å². The molecule has 0 radical (unpaired) electrons. The van der Waals surface area contributed by atoms with Crippen LogP contribution in [0.4, 0.5) is 13.2 Å². The summed E-state index contributed by atoms with van der Waals surface area (Å²) in [7, 11) is -3.66. The number of alkyl halides is 3. The van der Waals surface area contributed by atoms with Crippen molar-refractivity contribution in [1.29, 1.82) is 0 Å². The summed E-state index contributed by atoms with van der Waals surface area (Å²) in [5.74, 6) is 0.502. The van der Waals surface area contributed by atoms with E-state index in [4.69, 9.17) is 0 Å². The Hall–Kier alpha value is -0.670. The Bertz CT molecular complexity index is 798. The summed E-state index contributed by atoms with van der Waals surface area (Å²) < 4.78 is 61.3. The Kier molecular flexibility index (Phi) is 9.17. The molecule has 0 saturated carbocycles. The summed E-state index contributed by atoms with van der Waals surface area (Å²) in [5, 5.41) is 9.28. The van der Waals surface area contributed by atoms with Crippen LogP contribution in [0.15, 0.2) is 10.4 Å². The van der Waals surface area contributed by atoms with Crippen molar-refractivity contribution in [3.8, 4) is 0 Å². The highest BCUT2D eigenvalue weighted by Crippen LogP contribution is 2.29. The molecule has 1 aliphatic heterocycles. The molecule has 0 unspecified atom stereocenters. The maximum Gasteiger partial charge on any atom is 0.511 e. The van der Waals surface area contributed by atoms with E-state index in [0.717, 1.165) is 10.7 Å². The third-order valence-corrected chi connectivity index (χ3v) is 7.23. The molecule has 1 aliphatic rings. The summed E-state index contributed by atoms with van der Waals surface area (Å²) in [5.41, 5.74) is -4.40. The molecule has 1 aromatic rings. The highest BCUT2D eigenvalue weighted by atomic mass is 127. The van der Waals surface area contributed by atoms with Crippen LogP contribution in [0, 0.1) is 0 Å². The standard InChI is InChI=1S/C16H26F3N5O2S2.HI/c1-15(2,3)13-22-12(10-27-13)9-21-14(20-4)23-11-5-7-24(8-6-11)28(25,26)16(17,18)19;/h10-11H,5-9H2,1-4H3,(H2,20,21,23);1H. The summed E-state index contributed by atoms with van der Waals surface area (Å²) >= 11 is 1.59. The first-order chi connectivity index (χ1) is 12.8. The minimum atomic E-state index is -5.26. The molecule has 2 rings (SSSR count). The van der Waals surface area contributed by atoms with E-state index in [1.807, 2.05) is 5.38 Å². The van der Waals surface area contributed by atoms with E-state index in [2.05, 4.69) is 41.4 Å². The lowest BCUT2D eigenvalue weighted by molar-refractivity contribution is -0.0494. The molecule has 0 atom stereocenters. The third-order valence-electron chi connectivity index (χ3n) is 4.28. The van der Waals surface area contributed by atoms with E-state index in [9.17, 15) is 21.6 Å². The van der Waals surface area contributed by atoms with Crippen molar-refractivity contribution in [2.75, 3.05) is 20.1 Å². The van der Waals surface area contributed by atoms with Crippen LogP contribution in [0.25, 0.3) is 0 Å². The molecular weight excluding hydrogens is 542 g/mol. The van der Waals surface area contributed by atoms with Crippen molar-refractivity contribution in [1.82, 2.24) is 19.9 Å². The Morgan fingerprint density at radius 1 is 1.31 bits per heavy atom. The minimum Gasteiger partial charge on any atom is -0.354 e. The number of hydrogen-bond donors (Lipinski definition) is 2. The minimum absolute atomic E-state index is 0. The topological polar surface area (TPSA) is 86.7 Å². The van der Waals surface area contributed by atoms with Gasteiger partial charge >= 0.3 is 15.5 Å². The fourth-order valence-corrected chi connectivity index (χ4v) is 4.57. The van der Waals surface area contributed by atoms with Gasteiger partial charge in [0.1, 0.15) is 0 Å². The zero-order valence-electron chi connectivity index (χ0n) is 16.7. The molecule has 0 spiro atoms. The van der Waals surface area contributed by atoms with Gasteiger partial charge in [0.25, 0.3) is 0 Å². The average Bonchev–Trinajstić information content (AvgIpc) is 3.07. The second-order valence-corrected chi connectivity index (χ2v) is 10.4. The van der Waals surface area contributed by atoms with E-state index in [0.29, 0.717) is 16.8 Å². The Morgan fingerprint density at radius 2 is 1.90 bits per heavy atom. The van der Waals surface area contributed by atoms with Crippen LogP contribution >= 0.6 is 35.3 Å². The number of sulfonamides is 1. The first kappa shape index (κ1) is 26.4. The lowest BCUT2D eigenvalue weighted by Gasteiger charge is -2.32. The number of nitrogens with zero attached hydrogens (tertiary/aromatic N) is 3. The molecule has 2 N–H and O–H groups in total. The van der Waals surface area contributed by atoms with Gasteiger partial charge in [-0.05, 0) is 12.8 Å². The fraction of sp³-hybridized carbons (Fsp3) is 0.750. The van der Waals surface area contributed by atoms with Crippen LogP contribution in [0.5, 0.6) is 0 Å². The number of thiazole rings is 1. The second kappa shape index (κ2) is 10.1. The second-order valence-electron chi connectivity index (χ2n) is 7.59. The lowest BCUT2D eigenvalue weighted by atomic mass is 9.98. The molecule has 13 heteroatoms. The molecule has 168 valence electrons. The van der Waals surface area contributed by atoms with Gasteiger partial charge in [0, 0.05) is 37.0 Å². The summed E-state index contributed by atoms with van der Waals surface area (Å²) in [6.45, 7) is 6.38. The van der Waals surface area contributed by atoms with E-state index < -0.39 is 15.5 Å². The van der Waals surface area contributed by atoms with Crippen molar-refractivity contribution >= 4 is 51.3 Å². The van der Waals surface area contributed by atoms with E-state index >= 15 is 0 Å². The van der Waals surface area contributed by atoms with Crippen LogP contribution in [0.3, 0.4) is 0 Å². The van der Waals surface area contributed by atoms with E-state index in [1.54, 1.807) is 18.4 Å². The predicted molar refractivity (Wildman–Crippen MR) is 119 cm³/mol. The quantitative estimate of drug-likeness (QED) is 0.331. The van der Waals surface area contributed by atoms with Gasteiger partial charge in [0.15, 0.2) is 5.96 Å². The molecule has 0 bridgehead atoms. The summed E-state index contributed by atoms with van der Waals surface area (Å²) in [4.78, 5) is 8.71. The number of nitrogens with one attached hydrogen (secondary N) is 2. The zero-order valence-corrected chi connectivity index (χ0v) is 20.7. The van der Waals surface area contributed by atoms with Gasteiger partial charge in [-0.1, -0.05) is 20.8 Å². The molecule has 0 aromatic carbocycles. The number of aliphatic imine (C=N–C) groups is 1. The van der Waals surface area contributed by atoms with Gasteiger partial charge in [0.05, 0.1) is 17.2 Å². The lowest BCUT2D eigenvalue weighted by Crippen LogP contribution is -2.51. The SMILES string of the molecule is CN=C(NCc1csc(C(C)(C)C)n1)NC1CCN(S(=O)(=O)C(F)(F)F)CC1.I. The number of rotatable bonds is 4. The molecule has 7 nitrogen and oxygen atoms in total. The molecule has 1 fully saturated rings. The fourth-order valence-electron chi connectivity index (χ4n) is 2.68. The van der Waals surface area contributed by atoms with Crippen LogP contribution in [0.2, 0.25) is 0 Å². The van der Waals surface area contributed by atoms with Crippen molar-refractivity contribution in [2.45, 2.75) is 57.1 Å². The van der Waals surface area contributed by atoms with Crippen molar-refractivity contribution < 1.29 is 21.6 Å². The third kappa shape index (κ3) is 6.92. The molecule has 29 heavy (non-hydrogen) atoms. The van der Waals surface area contributed by atoms with Crippen LogP contribution < -0.4 is 10.6 Å². The molecule has 1 saturated heterocycles. The number of aromatic nitrogens is 1. The summed E-state index contributed by atoms with van der Waals surface area (Å²) in [6, 6.07) is -0.161. The van der Waals surface area contributed by atoms with Gasteiger partial charge in [-0.2, -0.15) is 17.5 Å². The van der Waals surface area contributed by atoms with Crippen molar-refractivity contribution in [2.24, 2.45) is 4.99 Å². The molecular formula is C16H27F3IN5O2S2. The Balaban J connectivity index is 0.00000420. The first-order valence-corrected chi connectivity index (χ1v) is 11.1. The van der Waals surface area contributed by atoms with Crippen molar-refractivity contribution in [3.05, 3.63) is 16.1 Å². The maximum absolute atomic E-state index is 12.6. The van der Waals surface area contributed by atoms with Gasteiger partial charge in [-0.15, -0.1) is 35.3 Å². The number of guanidine groups is 1. The first-order valence-electron chi connectivity index (χ1n) is 8.83. The van der Waals surface area contributed by atoms with Crippen LogP contribution in [0.1, 0.15) is 44.3 Å². The molecule has 1 aromatic heterocycles. The Labute approximate surface area is 190 Å². The van der Waals surface area contributed by atoms with Gasteiger partial charge in [-0.25, -0.2) is 13.4 Å². The largest absolute Gasteiger partial charge is 0.511 e. The predicted octanol–water partition coefficient (Wildman–Crippen LogP) is 3.04. The molecule has 0 aliphatic carbocycles. The van der Waals surface area contributed by atoms with E-state index in [-0.39, 0.29) is 61.4 Å². The molecule has 2 heterocycles. The van der Waals surface area contributed by atoms with Crippen LogP contribution in [-0.2, 0) is 22.0 Å². The zero-order chi connectivity index (χ0) is 21.2. The monoisotopic (exact) mass is 569 g/mol. The number of hydrogen-bond acceptors (Lipinski definition) is 5. The van der Waals surface area contributed by atoms with Gasteiger partial charge < -0.3 is 10.6 Å². The smallest absolute Gasteiger partial charge is 0.354 e. The number of piperidine rings is 1. The van der Waals surface area contributed by atoms with Gasteiger partial charge in [-0.3, -0.25) is 4.99 Å². The highest BCUT2D eigenvalue weighted by Gasteiger charge is 2.50. The highest BCUT2D eigenvalue weighted by molar-refractivity contribution is 14.0. The average molecular weight is 569 g/mol. The number of halogens is 4. The summed E-state index contributed by atoms with van der Waals surface area (Å²) in [6.07, 6.45) is 0.530. The molecule has 0 amide bonds. The van der Waals surface area contributed by atoms with Gasteiger partial charge in [0.2, 0.25) is 0 Å². The van der Waals surface area contributed by atoms with Crippen molar-refractivity contribution in [3.63, 3.8) is 0 Å². The maximum atomic E-state index is 12.6. The normalized spacial score (nSPS) is 17.7. The van der Waals surface area contributed by atoms with Crippen LogP contribution in [-0.4, -0.2) is 55.4 Å². The Morgan fingerprint density at radius 3 is 2.34 bits per heavy atom.